The SMILES string of the molecule is CCCCCCCNOC(C)(C)C. The van der Waals surface area contributed by atoms with Crippen molar-refractivity contribution in [2.24, 2.45) is 0 Å². The summed E-state index contributed by atoms with van der Waals surface area (Å²) >= 11 is 0. The molecule has 0 spiro atoms. The van der Waals surface area contributed by atoms with E-state index in [1.54, 1.807) is 0 Å². The molecule has 1 N–H and O–H groups in total. The summed E-state index contributed by atoms with van der Waals surface area (Å²) in [7, 11) is 0. The molecule has 0 aliphatic heterocycles. The maximum absolute atomic E-state index is 5.39. The van der Waals surface area contributed by atoms with Crippen LogP contribution in [0.25, 0.3) is 0 Å². The van der Waals surface area contributed by atoms with Gasteiger partial charge in [-0.2, -0.15) is 0 Å². The second-order valence-corrected chi connectivity index (χ2v) is 4.52. The smallest absolute Gasteiger partial charge is 0.0812 e. The summed E-state index contributed by atoms with van der Waals surface area (Å²) in [6.45, 7) is 9.37. The maximum Gasteiger partial charge on any atom is 0.0812 e. The highest BCUT2D eigenvalue weighted by Gasteiger charge is 2.08. The van der Waals surface area contributed by atoms with Crippen LogP contribution in [0.5, 0.6) is 0 Å². The molecule has 80 valence electrons. The van der Waals surface area contributed by atoms with Crippen molar-refractivity contribution in [2.45, 2.75) is 65.4 Å². The number of rotatable bonds is 7. The van der Waals surface area contributed by atoms with Gasteiger partial charge in [0.15, 0.2) is 0 Å². The molecule has 0 rings (SSSR count). The van der Waals surface area contributed by atoms with E-state index in [1.807, 2.05) is 0 Å². The average molecular weight is 187 g/mol. The first-order valence-corrected chi connectivity index (χ1v) is 5.47. The van der Waals surface area contributed by atoms with Crippen molar-refractivity contribution in [3.8, 4) is 0 Å². The van der Waals surface area contributed by atoms with Gasteiger partial charge in [-0.3, -0.25) is 4.84 Å². The van der Waals surface area contributed by atoms with Crippen molar-refractivity contribution < 1.29 is 4.84 Å². The maximum atomic E-state index is 5.39. The highest BCUT2D eigenvalue weighted by molar-refractivity contribution is 4.56. The minimum absolute atomic E-state index is 0.0661. The number of hydroxylamine groups is 1. The first-order valence-electron chi connectivity index (χ1n) is 5.47. The average Bonchev–Trinajstić information content (AvgIpc) is 2.01. The summed E-state index contributed by atoms with van der Waals surface area (Å²) in [5, 5.41) is 0. The van der Waals surface area contributed by atoms with Gasteiger partial charge in [0.05, 0.1) is 5.60 Å². The van der Waals surface area contributed by atoms with Crippen LogP contribution in [-0.4, -0.2) is 12.1 Å². The Kier molecular flexibility index (Phi) is 7.29. The molecule has 0 aliphatic carbocycles. The topological polar surface area (TPSA) is 21.3 Å². The largest absolute Gasteiger partial charge is 0.296 e. The highest BCUT2D eigenvalue weighted by Crippen LogP contribution is 2.04. The van der Waals surface area contributed by atoms with Crippen LogP contribution < -0.4 is 5.48 Å². The lowest BCUT2D eigenvalue weighted by Crippen LogP contribution is -2.29. The van der Waals surface area contributed by atoms with E-state index in [4.69, 9.17) is 4.84 Å². The van der Waals surface area contributed by atoms with E-state index in [1.165, 1.54) is 32.1 Å². The van der Waals surface area contributed by atoms with Gasteiger partial charge in [-0.25, -0.2) is 5.48 Å². The van der Waals surface area contributed by atoms with Crippen LogP contribution in [-0.2, 0) is 4.84 Å². The summed E-state index contributed by atoms with van der Waals surface area (Å²) < 4.78 is 0. The van der Waals surface area contributed by atoms with Gasteiger partial charge in [-0.05, 0) is 27.2 Å². The lowest BCUT2D eigenvalue weighted by Gasteiger charge is -2.19. The van der Waals surface area contributed by atoms with Gasteiger partial charge in [0, 0.05) is 6.54 Å². The van der Waals surface area contributed by atoms with Gasteiger partial charge < -0.3 is 0 Å². The molecule has 0 heterocycles. The fourth-order valence-electron chi connectivity index (χ4n) is 1.07. The molecule has 2 heteroatoms. The Morgan fingerprint density at radius 2 is 1.62 bits per heavy atom. The Hall–Kier alpha value is -0.0800. The van der Waals surface area contributed by atoms with E-state index < -0.39 is 0 Å². The molecular weight excluding hydrogens is 162 g/mol. The molecule has 0 saturated heterocycles. The van der Waals surface area contributed by atoms with E-state index >= 15 is 0 Å². The summed E-state index contributed by atoms with van der Waals surface area (Å²) in [6, 6.07) is 0. The zero-order valence-electron chi connectivity index (χ0n) is 9.65. The van der Waals surface area contributed by atoms with Crippen LogP contribution in [0, 0.1) is 0 Å². The summed E-state index contributed by atoms with van der Waals surface area (Å²) in [6.07, 6.45) is 6.56. The van der Waals surface area contributed by atoms with Crippen LogP contribution >= 0.6 is 0 Å². The lowest BCUT2D eigenvalue weighted by molar-refractivity contribution is -0.0726. The molecule has 0 amide bonds. The van der Waals surface area contributed by atoms with Crippen LogP contribution in [0.15, 0.2) is 0 Å². The lowest BCUT2D eigenvalue weighted by atomic mass is 10.1. The van der Waals surface area contributed by atoms with Crippen LogP contribution in [0.3, 0.4) is 0 Å². The third-order valence-corrected chi connectivity index (χ3v) is 1.76. The Morgan fingerprint density at radius 3 is 2.15 bits per heavy atom. The number of nitrogens with one attached hydrogen (secondary N) is 1. The predicted octanol–water partition coefficient (Wildman–Crippen LogP) is 3.28. The summed E-state index contributed by atoms with van der Waals surface area (Å²) in [5.74, 6) is 0. The van der Waals surface area contributed by atoms with E-state index in [2.05, 4.69) is 33.2 Å². The second kappa shape index (κ2) is 7.34. The van der Waals surface area contributed by atoms with E-state index in [0.29, 0.717) is 0 Å². The monoisotopic (exact) mass is 187 g/mol. The first kappa shape index (κ1) is 12.9. The van der Waals surface area contributed by atoms with Gasteiger partial charge in [0.2, 0.25) is 0 Å². The second-order valence-electron chi connectivity index (χ2n) is 4.52. The predicted molar refractivity (Wildman–Crippen MR) is 57.6 cm³/mol. The van der Waals surface area contributed by atoms with Crippen molar-refractivity contribution in [1.29, 1.82) is 0 Å². The fraction of sp³-hybridized carbons (Fsp3) is 1.00. The molecule has 13 heavy (non-hydrogen) atoms. The molecule has 0 fully saturated rings. The third kappa shape index (κ3) is 11.9. The first-order chi connectivity index (χ1) is 6.06. The van der Waals surface area contributed by atoms with Crippen LogP contribution in [0.4, 0.5) is 0 Å². The molecule has 0 aromatic heterocycles. The summed E-state index contributed by atoms with van der Waals surface area (Å²) in [5.41, 5.74) is 2.94. The molecule has 0 atom stereocenters. The Balaban J connectivity index is 3.00. The van der Waals surface area contributed by atoms with Gasteiger partial charge in [-0.15, -0.1) is 0 Å². The minimum atomic E-state index is -0.0661. The van der Waals surface area contributed by atoms with E-state index in [9.17, 15) is 0 Å². The van der Waals surface area contributed by atoms with Crippen molar-refractivity contribution >= 4 is 0 Å². The molecule has 2 nitrogen and oxygen atoms in total. The van der Waals surface area contributed by atoms with Gasteiger partial charge in [-0.1, -0.05) is 32.6 Å². The fourth-order valence-corrected chi connectivity index (χ4v) is 1.07. The third-order valence-electron chi connectivity index (χ3n) is 1.76. The molecule has 0 saturated carbocycles. The van der Waals surface area contributed by atoms with Crippen molar-refractivity contribution in [2.75, 3.05) is 6.54 Å². The van der Waals surface area contributed by atoms with E-state index in [0.717, 1.165) is 6.54 Å². The number of unbranched alkanes of at least 4 members (excludes halogenated alkanes) is 4. The van der Waals surface area contributed by atoms with Crippen LogP contribution in [0.2, 0.25) is 0 Å². The Labute approximate surface area is 83.0 Å². The standard InChI is InChI=1S/C11H25NO/c1-5-6-7-8-9-10-12-13-11(2,3)4/h12H,5-10H2,1-4H3. The van der Waals surface area contributed by atoms with E-state index in [-0.39, 0.29) is 5.60 Å². The summed E-state index contributed by atoms with van der Waals surface area (Å²) in [4.78, 5) is 5.39. The van der Waals surface area contributed by atoms with Crippen molar-refractivity contribution in [3.63, 3.8) is 0 Å². The Morgan fingerprint density at radius 1 is 1.00 bits per heavy atom. The molecule has 0 radical (unpaired) electrons. The minimum Gasteiger partial charge on any atom is -0.296 e. The zero-order valence-corrected chi connectivity index (χ0v) is 9.65. The molecule has 0 aliphatic rings. The molecule has 0 unspecified atom stereocenters. The van der Waals surface area contributed by atoms with Gasteiger partial charge in [0.1, 0.15) is 0 Å². The zero-order chi connectivity index (χ0) is 10.2. The van der Waals surface area contributed by atoms with Crippen LogP contribution in [0.1, 0.15) is 59.8 Å². The quantitative estimate of drug-likeness (QED) is 0.488. The van der Waals surface area contributed by atoms with Gasteiger partial charge in [0.25, 0.3) is 0 Å². The Bertz CT molecular complexity index is 107. The molecule has 0 aromatic rings. The molecular formula is C11H25NO. The molecule has 0 bridgehead atoms. The van der Waals surface area contributed by atoms with Crippen molar-refractivity contribution in [1.82, 2.24) is 5.48 Å². The molecule has 0 aromatic carbocycles. The van der Waals surface area contributed by atoms with Crippen molar-refractivity contribution in [3.05, 3.63) is 0 Å². The highest BCUT2D eigenvalue weighted by atomic mass is 16.7. The normalized spacial score (nSPS) is 12.0. The van der Waals surface area contributed by atoms with Gasteiger partial charge >= 0.3 is 0 Å². The number of hydrogen-bond donors (Lipinski definition) is 1. The number of hydrogen-bond acceptors (Lipinski definition) is 2.